The summed E-state index contributed by atoms with van der Waals surface area (Å²) in [7, 11) is 0. The van der Waals surface area contributed by atoms with Gasteiger partial charge in [-0.3, -0.25) is 0 Å². The first kappa shape index (κ1) is 14.4. The largest absolute Gasteiger partial charge is 0.493 e. The molecule has 0 aliphatic rings. The second-order valence-electron chi connectivity index (χ2n) is 5.29. The maximum atomic E-state index is 5.72. The molecule has 1 nitrogen and oxygen atoms in total. The van der Waals surface area contributed by atoms with Crippen LogP contribution < -0.4 is 4.74 Å². The summed E-state index contributed by atoms with van der Waals surface area (Å²) in [5, 5.41) is 0. The van der Waals surface area contributed by atoms with Crippen molar-refractivity contribution in [1.82, 2.24) is 0 Å². The summed E-state index contributed by atoms with van der Waals surface area (Å²) in [5.74, 6) is 3.11. The topological polar surface area (TPSA) is 9.23 Å². The van der Waals surface area contributed by atoms with Crippen molar-refractivity contribution in [1.29, 1.82) is 0 Å². The highest BCUT2D eigenvalue weighted by atomic mass is 32.1. The number of rotatable bonds is 6. The minimum atomic E-state index is 0.569. The Morgan fingerprint density at radius 2 is 1.94 bits per heavy atom. The van der Waals surface area contributed by atoms with Crippen molar-refractivity contribution < 1.29 is 4.74 Å². The third kappa shape index (κ3) is 5.03. The molecule has 0 spiro atoms. The molecule has 0 saturated carbocycles. The van der Waals surface area contributed by atoms with Gasteiger partial charge in [0.25, 0.3) is 0 Å². The highest BCUT2D eigenvalue weighted by Crippen LogP contribution is 2.20. The Balaban J connectivity index is 2.65. The second kappa shape index (κ2) is 6.95. The smallest absolute Gasteiger partial charge is 0.119 e. The maximum absolute atomic E-state index is 5.72. The summed E-state index contributed by atoms with van der Waals surface area (Å²) in [6.07, 6.45) is 1.10. The molecule has 0 bridgehead atoms. The predicted octanol–water partition coefficient (Wildman–Crippen LogP) is 4.14. The zero-order chi connectivity index (χ0) is 12.8. The first-order chi connectivity index (χ1) is 8.02. The average molecular weight is 252 g/mol. The molecule has 1 aromatic rings. The van der Waals surface area contributed by atoms with Gasteiger partial charge in [-0.2, -0.15) is 12.6 Å². The van der Waals surface area contributed by atoms with Crippen molar-refractivity contribution in [2.75, 3.05) is 12.4 Å². The normalized spacial score (nSPS) is 12.8. The van der Waals surface area contributed by atoms with Crippen LogP contribution in [0.3, 0.4) is 0 Å². The Kier molecular flexibility index (Phi) is 5.90. The molecule has 0 heterocycles. The number of ether oxygens (including phenoxy) is 1. The Morgan fingerprint density at radius 3 is 2.47 bits per heavy atom. The van der Waals surface area contributed by atoms with E-state index in [0.717, 1.165) is 24.5 Å². The molecule has 96 valence electrons. The fourth-order valence-corrected chi connectivity index (χ4v) is 1.82. The van der Waals surface area contributed by atoms with Crippen LogP contribution in [0.2, 0.25) is 0 Å². The van der Waals surface area contributed by atoms with Crippen LogP contribution in [0.15, 0.2) is 18.2 Å². The van der Waals surface area contributed by atoms with E-state index in [0.29, 0.717) is 11.8 Å². The maximum Gasteiger partial charge on any atom is 0.119 e. The van der Waals surface area contributed by atoms with E-state index in [1.165, 1.54) is 11.1 Å². The lowest BCUT2D eigenvalue weighted by molar-refractivity contribution is 0.271. The molecule has 0 amide bonds. The monoisotopic (exact) mass is 252 g/mol. The van der Waals surface area contributed by atoms with E-state index in [2.05, 4.69) is 58.5 Å². The summed E-state index contributed by atoms with van der Waals surface area (Å²) in [5.41, 5.74) is 2.73. The quantitative estimate of drug-likeness (QED) is 0.749. The number of benzene rings is 1. The van der Waals surface area contributed by atoms with Gasteiger partial charge in [-0.05, 0) is 54.2 Å². The van der Waals surface area contributed by atoms with Crippen LogP contribution in [-0.4, -0.2) is 12.4 Å². The van der Waals surface area contributed by atoms with E-state index in [-0.39, 0.29) is 0 Å². The Labute approximate surface area is 111 Å². The lowest BCUT2D eigenvalue weighted by Gasteiger charge is -2.13. The van der Waals surface area contributed by atoms with Gasteiger partial charge >= 0.3 is 0 Å². The summed E-state index contributed by atoms with van der Waals surface area (Å²) in [4.78, 5) is 0. The molecule has 2 heteroatoms. The zero-order valence-corrected chi connectivity index (χ0v) is 12.3. The Hall–Kier alpha value is -0.630. The van der Waals surface area contributed by atoms with E-state index in [9.17, 15) is 0 Å². The van der Waals surface area contributed by atoms with Gasteiger partial charge < -0.3 is 4.74 Å². The third-order valence-electron chi connectivity index (χ3n) is 2.78. The average Bonchev–Trinajstić information content (AvgIpc) is 2.29. The van der Waals surface area contributed by atoms with Crippen LogP contribution in [0, 0.1) is 18.8 Å². The fraction of sp³-hybridized carbons (Fsp3) is 0.600. The van der Waals surface area contributed by atoms with Crippen molar-refractivity contribution in [3.63, 3.8) is 0 Å². The van der Waals surface area contributed by atoms with Crippen LogP contribution in [0.5, 0.6) is 5.75 Å². The van der Waals surface area contributed by atoms with Crippen molar-refractivity contribution in [3.8, 4) is 5.75 Å². The SMILES string of the molecule is Cc1cc(OCC(C)C)ccc1CC(C)CS. The molecule has 0 aliphatic heterocycles. The summed E-state index contributed by atoms with van der Waals surface area (Å²) >= 11 is 4.33. The first-order valence-electron chi connectivity index (χ1n) is 6.36. The van der Waals surface area contributed by atoms with Crippen molar-refractivity contribution >= 4 is 12.6 Å². The van der Waals surface area contributed by atoms with Crippen molar-refractivity contribution in [2.24, 2.45) is 11.8 Å². The molecule has 1 atom stereocenters. The standard InChI is InChI=1S/C15H24OS/c1-11(2)9-16-15-6-5-14(13(4)8-15)7-12(3)10-17/h5-6,8,11-12,17H,7,9-10H2,1-4H3. The van der Waals surface area contributed by atoms with Gasteiger partial charge in [0.05, 0.1) is 6.61 Å². The molecule has 0 N–H and O–H groups in total. The van der Waals surface area contributed by atoms with Gasteiger partial charge in [0.2, 0.25) is 0 Å². The van der Waals surface area contributed by atoms with Gasteiger partial charge in [0.15, 0.2) is 0 Å². The Morgan fingerprint density at radius 1 is 1.24 bits per heavy atom. The highest BCUT2D eigenvalue weighted by Gasteiger charge is 2.06. The molecule has 0 radical (unpaired) electrons. The minimum absolute atomic E-state index is 0.569. The molecular formula is C15H24OS. The number of aryl methyl sites for hydroxylation is 1. The molecule has 0 fully saturated rings. The first-order valence-corrected chi connectivity index (χ1v) is 6.99. The molecule has 17 heavy (non-hydrogen) atoms. The molecule has 1 rings (SSSR count). The van der Waals surface area contributed by atoms with Crippen molar-refractivity contribution in [2.45, 2.75) is 34.1 Å². The minimum Gasteiger partial charge on any atom is -0.493 e. The summed E-state index contributed by atoms with van der Waals surface area (Å²) in [6.45, 7) is 9.50. The number of hydrogen-bond acceptors (Lipinski definition) is 2. The van der Waals surface area contributed by atoms with Gasteiger partial charge in [-0.15, -0.1) is 0 Å². The lowest BCUT2D eigenvalue weighted by Crippen LogP contribution is -2.06. The van der Waals surface area contributed by atoms with Crippen LogP contribution in [0.25, 0.3) is 0 Å². The molecule has 1 unspecified atom stereocenters. The number of thiol groups is 1. The van der Waals surface area contributed by atoms with Gasteiger partial charge in [-0.25, -0.2) is 0 Å². The molecule has 1 aromatic carbocycles. The highest BCUT2D eigenvalue weighted by molar-refractivity contribution is 7.80. The molecular weight excluding hydrogens is 228 g/mol. The Bertz CT molecular complexity index is 347. The van der Waals surface area contributed by atoms with Crippen LogP contribution >= 0.6 is 12.6 Å². The summed E-state index contributed by atoms with van der Waals surface area (Å²) in [6, 6.07) is 6.41. The lowest BCUT2D eigenvalue weighted by atomic mass is 9.98. The van der Waals surface area contributed by atoms with E-state index >= 15 is 0 Å². The van der Waals surface area contributed by atoms with E-state index < -0.39 is 0 Å². The van der Waals surface area contributed by atoms with Crippen LogP contribution in [-0.2, 0) is 6.42 Å². The van der Waals surface area contributed by atoms with Gasteiger partial charge in [0, 0.05) is 0 Å². The summed E-state index contributed by atoms with van der Waals surface area (Å²) < 4.78 is 5.72. The van der Waals surface area contributed by atoms with Crippen LogP contribution in [0.1, 0.15) is 31.9 Å². The second-order valence-corrected chi connectivity index (χ2v) is 5.65. The molecule has 0 aliphatic carbocycles. The van der Waals surface area contributed by atoms with Gasteiger partial charge in [-0.1, -0.05) is 26.8 Å². The van der Waals surface area contributed by atoms with E-state index in [1.807, 2.05) is 0 Å². The van der Waals surface area contributed by atoms with E-state index in [4.69, 9.17) is 4.74 Å². The third-order valence-corrected chi connectivity index (χ3v) is 3.40. The molecule has 0 saturated heterocycles. The molecule has 0 aromatic heterocycles. The van der Waals surface area contributed by atoms with Gasteiger partial charge in [0.1, 0.15) is 5.75 Å². The van der Waals surface area contributed by atoms with Crippen molar-refractivity contribution in [3.05, 3.63) is 29.3 Å². The van der Waals surface area contributed by atoms with Crippen LogP contribution in [0.4, 0.5) is 0 Å². The van der Waals surface area contributed by atoms with E-state index in [1.54, 1.807) is 0 Å². The fourth-order valence-electron chi connectivity index (χ4n) is 1.69. The number of hydrogen-bond donors (Lipinski definition) is 1. The predicted molar refractivity (Wildman–Crippen MR) is 78.2 cm³/mol. The zero-order valence-electron chi connectivity index (χ0n) is 11.4.